The minimum absolute atomic E-state index is 0.0337. The molecule has 128 valence electrons. The molecule has 1 aliphatic heterocycles. The van der Waals surface area contributed by atoms with E-state index in [1.165, 1.54) is 11.1 Å². The predicted molar refractivity (Wildman–Crippen MR) is 88.0 cm³/mol. The van der Waals surface area contributed by atoms with Crippen molar-refractivity contribution in [2.45, 2.75) is 31.3 Å². The third-order valence-corrected chi connectivity index (χ3v) is 4.71. The minimum Gasteiger partial charge on any atom is -0.368 e. The molecule has 1 aromatic carbocycles. The van der Waals surface area contributed by atoms with Crippen molar-refractivity contribution in [3.05, 3.63) is 35.4 Å². The van der Waals surface area contributed by atoms with E-state index in [-0.39, 0.29) is 30.8 Å². The molecule has 1 saturated heterocycles. The highest BCUT2D eigenvalue weighted by Gasteiger charge is 2.38. The van der Waals surface area contributed by atoms with Crippen molar-refractivity contribution < 1.29 is 14.4 Å². The van der Waals surface area contributed by atoms with Crippen LogP contribution in [0.5, 0.6) is 0 Å². The van der Waals surface area contributed by atoms with Gasteiger partial charge in [0.1, 0.15) is 0 Å². The number of primary amides is 1. The van der Waals surface area contributed by atoms with E-state index in [1.807, 2.05) is 12.1 Å². The van der Waals surface area contributed by atoms with E-state index in [4.69, 9.17) is 5.73 Å². The van der Waals surface area contributed by atoms with Crippen molar-refractivity contribution in [3.8, 4) is 0 Å². The van der Waals surface area contributed by atoms with Gasteiger partial charge in [-0.25, -0.2) is 0 Å². The largest absolute Gasteiger partial charge is 0.368 e. The SMILES string of the molecule is NC(=O)CNC(=O)C[C@H]1C(=O)NCCN1C1Cc2ccccc2C1. The maximum absolute atomic E-state index is 12.3. The lowest BCUT2D eigenvalue weighted by molar-refractivity contribution is -0.135. The summed E-state index contributed by atoms with van der Waals surface area (Å²) in [6.07, 6.45) is 1.82. The van der Waals surface area contributed by atoms with E-state index < -0.39 is 11.9 Å². The summed E-state index contributed by atoms with van der Waals surface area (Å²) in [6.45, 7) is 1.10. The first-order valence-corrected chi connectivity index (χ1v) is 8.20. The van der Waals surface area contributed by atoms with Crippen molar-refractivity contribution in [1.29, 1.82) is 0 Å². The first-order chi connectivity index (χ1) is 11.5. The van der Waals surface area contributed by atoms with E-state index in [2.05, 4.69) is 27.7 Å². The Hall–Kier alpha value is -2.41. The molecule has 1 aliphatic carbocycles. The molecular weight excluding hydrogens is 308 g/mol. The lowest BCUT2D eigenvalue weighted by Crippen LogP contribution is -2.59. The van der Waals surface area contributed by atoms with Crippen LogP contribution in [0.2, 0.25) is 0 Å². The van der Waals surface area contributed by atoms with Crippen molar-refractivity contribution >= 4 is 17.7 Å². The van der Waals surface area contributed by atoms with Crippen LogP contribution in [0.3, 0.4) is 0 Å². The number of fused-ring (bicyclic) bond motifs is 1. The number of piperazine rings is 1. The first kappa shape index (κ1) is 16.4. The van der Waals surface area contributed by atoms with Gasteiger partial charge >= 0.3 is 0 Å². The van der Waals surface area contributed by atoms with Gasteiger partial charge in [0.15, 0.2) is 0 Å². The predicted octanol–water partition coefficient (Wildman–Crippen LogP) is -1.05. The molecule has 0 radical (unpaired) electrons. The average molecular weight is 330 g/mol. The van der Waals surface area contributed by atoms with Crippen LogP contribution in [-0.4, -0.2) is 54.3 Å². The second-order valence-electron chi connectivity index (χ2n) is 6.32. The Labute approximate surface area is 140 Å². The summed E-state index contributed by atoms with van der Waals surface area (Å²) in [5, 5.41) is 5.28. The number of carbonyl (C=O) groups excluding carboxylic acids is 3. The summed E-state index contributed by atoms with van der Waals surface area (Å²) in [6, 6.07) is 8.01. The minimum atomic E-state index is -0.598. The quantitative estimate of drug-likeness (QED) is 0.640. The molecule has 4 N–H and O–H groups in total. The van der Waals surface area contributed by atoms with E-state index >= 15 is 0 Å². The molecule has 0 saturated carbocycles. The number of nitrogens with two attached hydrogens (primary N) is 1. The van der Waals surface area contributed by atoms with Gasteiger partial charge < -0.3 is 16.4 Å². The lowest BCUT2D eigenvalue weighted by Gasteiger charge is -2.38. The van der Waals surface area contributed by atoms with Gasteiger partial charge in [-0.1, -0.05) is 24.3 Å². The third kappa shape index (κ3) is 3.56. The lowest BCUT2D eigenvalue weighted by atomic mass is 10.0. The standard InChI is InChI=1S/C17H22N4O3/c18-15(22)10-20-16(23)9-14-17(24)19-5-6-21(14)13-7-11-3-1-2-4-12(11)8-13/h1-4,13-14H,5-10H2,(H2,18,22)(H,19,24)(H,20,23)/t14-/m0/s1. The van der Waals surface area contributed by atoms with Crippen LogP contribution in [0, 0.1) is 0 Å². The molecule has 24 heavy (non-hydrogen) atoms. The molecule has 3 amide bonds. The molecule has 1 fully saturated rings. The Balaban J connectivity index is 1.68. The molecule has 0 aromatic heterocycles. The van der Waals surface area contributed by atoms with Gasteiger partial charge in [-0.15, -0.1) is 0 Å². The van der Waals surface area contributed by atoms with Crippen LogP contribution in [0.15, 0.2) is 24.3 Å². The number of hydrogen-bond acceptors (Lipinski definition) is 4. The van der Waals surface area contributed by atoms with Crippen molar-refractivity contribution in [1.82, 2.24) is 15.5 Å². The Kier molecular flexibility index (Phi) is 4.80. The van der Waals surface area contributed by atoms with Crippen molar-refractivity contribution in [2.24, 2.45) is 5.73 Å². The van der Waals surface area contributed by atoms with E-state index in [0.29, 0.717) is 6.54 Å². The smallest absolute Gasteiger partial charge is 0.237 e. The normalized spacial score (nSPS) is 21.2. The molecule has 1 aromatic rings. The monoisotopic (exact) mass is 330 g/mol. The van der Waals surface area contributed by atoms with Crippen LogP contribution >= 0.6 is 0 Å². The van der Waals surface area contributed by atoms with E-state index in [0.717, 1.165) is 19.4 Å². The van der Waals surface area contributed by atoms with E-state index in [1.54, 1.807) is 0 Å². The number of rotatable bonds is 5. The van der Waals surface area contributed by atoms with Crippen LogP contribution in [-0.2, 0) is 27.2 Å². The summed E-state index contributed by atoms with van der Waals surface area (Å²) in [5.74, 6) is -1.07. The molecular formula is C17H22N4O3. The van der Waals surface area contributed by atoms with Gasteiger partial charge in [0.05, 0.1) is 19.0 Å². The highest BCUT2D eigenvalue weighted by atomic mass is 16.2. The summed E-state index contributed by atoms with van der Waals surface area (Å²) < 4.78 is 0. The van der Waals surface area contributed by atoms with E-state index in [9.17, 15) is 14.4 Å². The maximum Gasteiger partial charge on any atom is 0.237 e. The molecule has 7 heteroatoms. The summed E-state index contributed by atoms with van der Waals surface area (Å²) in [7, 11) is 0. The van der Waals surface area contributed by atoms with Gasteiger partial charge in [0, 0.05) is 19.1 Å². The Morgan fingerprint density at radius 1 is 1.25 bits per heavy atom. The number of nitrogens with one attached hydrogen (secondary N) is 2. The molecule has 2 aliphatic rings. The zero-order chi connectivity index (χ0) is 17.1. The Bertz CT molecular complexity index is 636. The maximum atomic E-state index is 12.3. The van der Waals surface area contributed by atoms with Crippen molar-refractivity contribution in [3.63, 3.8) is 0 Å². The van der Waals surface area contributed by atoms with Gasteiger partial charge in [0.2, 0.25) is 17.7 Å². The van der Waals surface area contributed by atoms with Gasteiger partial charge in [-0.3, -0.25) is 19.3 Å². The van der Waals surface area contributed by atoms with Crippen molar-refractivity contribution in [2.75, 3.05) is 19.6 Å². The molecule has 3 rings (SSSR count). The molecule has 0 spiro atoms. The molecule has 1 atom stereocenters. The topological polar surface area (TPSA) is 105 Å². The third-order valence-electron chi connectivity index (χ3n) is 4.71. The number of carbonyl (C=O) groups is 3. The molecule has 1 heterocycles. The second-order valence-corrected chi connectivity index (χ2v) is 6.32. The highest BCUT2D eigenvalue weighted by molar-refractivity contribution is 5.90. The van der Waals surface area contributed by atoms with Crippen LogP contribution in [0.4, 0.5) is 0 Å². The first-order valence-electron chi connectivity index (χ1n) is 8.20. The number of hydrogen-bond donors (Lipinski definition) is 3. The van der Waals surface area contributed by atoms with Gasteiger partial charge in [-0.2, -0.15) is 0 Å². The van der Waals surface area contributed by atoms with Crippen LogP contribution in [0.25, 0.3) is 0 Å². The van der Waals surface area contributed by atoms with Crippen LogP contribution in [0.1, 0.15) is 17.5 Å². The number of nitrogens with zero attached hydrogens (tertiary/aromatic N) is 1. The fourth-order valence-electron chi connectivity index (χ4n) is 3.58. The zero-order valence-corrected chi connectivity index (χ0v) is 13.5. The number of benzene rings is 1. The van der Waals surface area contributed by atoms with Crippen LogP contribution < -0.4 is 16.4 Å². The van der Waals surface area contributed by atoms with Gasteiger partial charge in [-0.05, 0) is 24.0 Å². The Morgan fingerprint density at radius 3 is 2.54 bits per heavy atom. The average Bonchev–Trinajstić information content (AvgIpc) is 2.98. The summed E-state index contributed by atoms with van der Waals surface area (Å²) in [5.41, 5.74) is 7.65. The fraction of sp³-hybridized carbons (Fsp3) is 0.471. The van der Waals surface area contributed by atoms with Gasteiger partial charge in [0.25, 0.3) is 0 Å². The summed E-state index contributed by atoms with van der Waals surface area (Å²) in [4.78, 5) is 37.2. The molecule has 0 unspecified atom stereocenters. The molecule has 7 nitrogen and oxygen atoms in total. The molecule has 0 bridgehead atoms. The summed E-state index contributed by atoms with van der Waals surface area (Å²) >= 11 is 0. The Morgan fingerprint density at radius 2 is 1.92 bits per heavy atom. The fourth-order valence-corrected chi connectivity index (χ4v) is 3.58. The second kappa shape index (κ2) is 7.00. The number of amides is 3. The highest BCUT2D eigenvalue weighted by Crippen LogP contribution is 2.27. The zero-order valence-electron chi connectivity index (χ0n) is 13.5.